The van der Waals surface area contributed by atoms with E-state index in [0.29, 0.717) is 19.0 Å². The highest BCUT2D eigenvalue weighted by atomic mass is 127. The molecule has 7 nitrogen and oxygen atoms in total. The third-order valence-electron chi connectivity index (χ3n) is 3.64. The number of hydrogen-bond donors (Lipinski definition) is 2. The third kappa shape index (κ3) is 6.47. The Balaban J connectivity index is 0.00000338. The molecule has 0 amide bonds. The Labute approximate surface area is 172 Å². The van der Waals surface area contributed by atoms with Crippen molar-refractivity contribution in [3.8, 4) is 0 Å². The lowest BCUT2D eigenvalue weighted by atomic mass is 10.1. The highest BCUT2D eigenvalue weighted by molar-refractivity contribution is 14.0. The number of rotatable bonds is 7. The number of hydrogen-bond acceptors (Lipinski definition) is 5. The van der Waals surface area contributed by atoms with Crippen LogP contribution in [0.25, 0.3) is 0 Å². The Morgan fingerprint density at radius 1 is 1.31 bits per heavy atom. The Morgan fingerprint density at radius 2 is 2.08 bits per heavy atom. The third-order valence-corrected chi connectivity index (χ3v) is 3.64. The maximum absolute atomic E-state index is 5.36. The second-order valence-electron chi connectivity index (χ2n) is 6.30. The Morgan fingerprint density at radius 3 is 2.69 bits per heavy atom. The van der Waals surface area contributed by atoms with Crippen molar-refractivity contribution in [3.05, 3.63) is 41.4 Å². The minimum absolute atomic E-state index is 0. The average molecular weight is 472 g/mol. The summed E-state index contributed by atoms with van der Waals surface area (Å²) in [5.41, 5.74) is 2.04. The number of aromatic nitrogens is 2. The van der Waals surface area contributed by atoms with Crippen LogP contribution in [0.15, 0.2) is 33.9 Å². The van der Waals surface area contributed by atoms with Crippen LogP contribution in [0.4, 0.5) is 5.82 Å². The van der Waals surface area contributed by atoms with Gasteiger partial charge in [0.15, 0.2) is 11.7 Å². The first-order valence-electron chi connectivity index (χ1n) is 8.60. The van der Waals surface area contributed by atoms with Gasteiger partial charge in [-0.3, -0.25) is 0 Å². The highest BCUT2D eigenvalue weighted by Crippen LogP contribution is 2.15. The lowest BCUT2D eigenvalue weighted by Crippen LogP contribution is -2.36. The quantitative estimate of drug-likeness (QED) is 0.366. The molecule has 0 aliphatic heterocycles. The second-order valence-corrected chi connectivity index (χ2v) is 6.30. The fourth-order valence-corrected chi connectivity index (χ4v) is 2.32. The first kappa shape index (κ1) is 22.2. The molecule has 0 bridgehead atoms. The van der Waals surface area contributed by atoms with Crippen LogP contribution < -0.4 is 15.5 Å². The van der Waals surface area contributed by atoms with Crippen molar-refractivity contribution < 1.29 is 4.52 Å². The molecule has 0 spiro atoms. The van der Waals surface area contributed by atoms with Gasteiger partial charge in [0.05, 0.1) is 18.8 Å². The molecule has 0 atom stereocenters. The van der Waals surface area contributed by atoms with Gasteiger partial charge in [0, 0.05) is 38.5 Å². The summed E-state index contributed by atoms with van der Waals surface area (Å²) in [5, 5.41) is 10.6. The van der Waals surface area contributed by atoms with Crippen molar-refractivity contribution in [1.29, 1.82) is 0 Å². The van der Waals surface area contributed by atoms with Gasteiger partial charge < -0.3 is 20.1 Å². The summed E-state index contributed by atoms with van der Waals surface area (Å²) in [6.45, 7) is 8.10. The number of aliphatic imine (C=N–C) groups is 1. The smallest absolute Gasteiger partial charge is 0.191 e. The number of nitrogens with zero attached hydrogens (tertiary/aromatic N) is 4. The average Bonchev–Trinajstić information content (AvgIpc) is 3.07. The van der Waals surface area contributed by atoms with E-state index >= 15 is 0 Å². The lowest BCUT2D eigenvalue weighted by molar-refractivity contribution is 0.372. The molecular formula is C18H29IN6O. The van der Waals surface area contributed by atoms with Crippen LogP contribution >= 0.6 is 24.0 Å². The van der Waals surface area contributed by atoms with Crippen LogP contribution in [0, 0.1) is 0 Å². The first-order valence-corrected chi connectivity index (χ1v) is 8.60. The van der Waals surface area contributed by atoms with Crippen molar-refractivity contribution in [2.75, 3.05) is 25.5 Å². The largest absolute Gasteiger partial charge is 0.362 e. The molecule has 2 N–H and O–H groups in total. The van der Waals surface area contributed by atoms with E-state index in [1.165, 1.54) is 0 Å². The van der Waals surface area contributed by atoms with Crippen molar-refractivity contribution in [2.45, 2.75) is 39.8 Å². The van der Waals surface area contributed by atoms with E-state index in [9.17, 15) is 0 Å². The van der Waals surface area contributed by atoms with E-state index in [0.717, 1.165) is 35.3 Å². The summed E-state index contributed by atoms with van der Waals surface area (Å²) in [7, 11) is 3.96. The molecule has 8 heteroatoms. The maximum atomic E-state index is 5.36. The molecule has 0 fully saturated rings. The van der Waals surface area contributed by atoms with E-state index in [1.54, 1.807) is 6.20 Å². The number of halogens is 1. The SMILES string of the molecule is CCNC(=NCc1cccnc1N(C)C)NCc1cc(C(C)C)no1.I. The Kier molecular flexibility index (Phi) is 9.39. The molecule has 0 saturated heterocycles. The topological polar surface area (TPSA) is 78.6 Å². The van der Waals surface area contributed by atoms with Crippen molar-refractivity contribution in [2.24, 2.45) is 4.99 Å². The zero-order chi connectivity index (χ0) is 18.2. The minimum atomic E-state index is 0. The molecular weight excluding hydrogens is 443 g/mol. The van der Waals surface area contributed by atoms with Crippen LogP contribution in [0.1, 0.15) is 43.7 Å². The van der Waals surface area contributed by atoms with Gasteiger partial charge in [0.2, 0.25) is 0 Å². The van der Waals surface area contributed by atoms with Gasteiger partial charge in [-0.25, -0.2) is 9.98 Å². The van der Waals surface area contributed by atoms with Gasteiger partial charge in [0.25, 0.3) is 0 Å². The zero-order valence-corrected chi connectivity index (χ0v) is 18.4. The van der Waals surface area contributed by atoms with Gasteiger partial charge in [-0.2, -0.15) is 0 Å². The van der Waals surface area contributed by atoms with Crippen LogP contribution in [-0.2, 0) is 13.1 Å². The minimum Gasteiger partial charge on any atom is -0.362 e. The van der Waals surface area contributed by atoms with Crippen molar-refractivity contribution in [1.82, 2.24) is 20.8 Å². The molecule has 0 aliphatic carbocycles. The summed E-state index contributed by atoms with van der Waals surface area (Å²) in [6, 6.07) is 5.95. The van der Waals surface area contributed by atoms with E-state index < -0.39 is 0 Å². The molecule has 2 heterocycles. The monoisotopic (exact) mass is 472 g/mol. The molecule has 2 aromatic rings. The summed E-state index contributed by atoms with van der Waals surface area (Å²) in [5.74, 6) is 2.82. The fraction of sp³-hybridized carbons (Fsp3) is 0.500. The molecule has 0 unspecified atom stereocenters. The molecule has 0 aliphatic rings. The number of guanidine groups is 1. The van der Waals surface area contributed by atoms with Crippen molar-refractivity contribution >= 4 is 35.8 Å². The summed E-state index contributed by atoms with van der Waals surface area (Å²) in [6.07, 6.45) is 1.79. The standard InChI is InChI=1S/C18H28N6O.HI/c1-6-19-18(22-12-15-10-16(13(2)3)23-25-15)21-11-14-8-7-9-20-17(14)24(4)5;/h7-10,13H,6,11-12H2,1-5H3,(H2,19,21,22);1H. The number of pyridine rings is 1. The van der Waals surface area contributed by atoms with E-state index in [-0.39, 0.29) is 24.0 Å². The first-order chi connectivity index (χ1) is 12.0. The van der Waals surface area contributed by atoms with Gasteiger partial charge in [-0.1, -0.05) is 25.1 Å². The zero-order valence-electron chi connectivity index (χ0n) is 16.1. The lowest BCUT2D eigenvalue weighted by Gasteiger charge is -2.15. The van der Waals surface area contributed by atoms with E-state index in [4.69, 9.17) is 4.52 Å². The van der Waals surface area contributed by atoms with Gasteiger partial charge in [-0.15, -0.1) is 24.0 Å². The van der Waals surface area contributed by atoms with Crippen molar-refractivity contribution in [3.63, 3.8) is 0 Å². The van der Waals surface area contributed by atoms with Crippen LogP contribution in [0.3, 0.4) is 0 Å². The highest BCUT2D eigenvalue weighted by Gasteiger charge is 2.09. The molecule has 2 rings (SSSR count). The van der Waals surface area contributed by atoms with Gasteiger partial charge in [-0.05, 0) is 18.9 Å². The summed E-state index contributed by atoms with van der Waals surface area (Å²) in [4.78, 5) is 11.1. The molecule has 2 aromatic heterocycles. The van der Waals surface area contributed by atoms with Gasteiger partial charge >= 0.3 is 0 Å². The Bertz CT molecular complexity index is 698. The van der Waals surface area contributed by atoms with Crippen LogP contribution in [0.2, 0.25) is 0 Å². The fourth-order valence-electron chi connectivity index (χ4n) is 2.32. The molecule has 0 aromatic carbocycles. The predicted molar refractivity (Wildman–Crippen MR) is 116 cm³/mol. The number of anilines is 1. The molecule has 0 radical (unpaired) electrons. The Hall–Kier alpha value is -1.84. The van der Waals surface area contributed by atoms with Crippen LogP contribution in [0.5, 0.6) is 0 Å². The summed E-state index contributed by atoms with van der Waals surface area (Å²) >= 11 is 0. The summed E-state index contributed by atoms with van der Waals surface area (Å²) < 4.78 is 5.36. The van der Waals surface area contributed by atoms with E-state index in [1.807, 2.05) is 44.1 Å². The molecule has 144 valence electrons. The number of nitrogens with one attached hydrogen (secondary N) is 2. The van der Waals surface area contributed by atoms with Crippen LogP contribution in [-0.4, -0.2) is 36.7 Å². The maximum Gasteiger partial charge on any atom is 0.191 e. The molecule has 26 heavy (non-hydrogen) atoms. The normalized spacial score (nSPS) is 11.2. The molecule has 0 saturated carbocycles. The second kappa shape index (κ2) is 11.0. The predicted octanol–water partition coefficient (Wildman–Crippen LogP) is 3.13. The van der Waals surface area contributed by atoms with E-state index in [2.05, 4.69) is 39.6 Å². The van der Waals surface area contributed by atoms with Gasteiger partial charge in [0.1, 0.15) is 5.82 Å².